The number of pyridine rings is 1. The molecule has 0 spiro atoms. The topological polar surface area (TPSA) is 42.4 Å². The number of fused-ring (bicyclic) bond motifs is 1. The van der Waals surface area contributed by atoms with Crippen molar-refractivity contribution in [1.29, 1.82) is 0 Å². The third-order valence-corrected chi connectivity index (χ3v) is 3.93. The maximum Gasteiger partial charge on any atom is 0.161 e. The van der Waals surface area contributed by atoms with Crippen LogP contribution < -0.4 is 4.90 Å². The minimum absolute atomic E-state index is 0.0646. The van der Waals surface area contributed by atoms with E-state index in [4.69, 9.17) is 4.74 Å². The van der Waals surface area contributed by atoms with Crippen molar-refractivity contribution in [3.8, 4) is 0 Å². The molecular weight excluding hydrogens is 228 g/mol. The van der Waals surface area contributed by atoms with Crippen molar-refractivity contribution in [2.24, 2.45) is 0 Å². The van der Waals surface area contributed by atoms with Crippen molar-refractivity contribution in [3.63, 3.8) is 0 Å². The molecule has 2 fully saturated rings. The van der Waals surface area contributed by atoms with Gasteiger partial charge in [-0.05, 0) is 38.3 Å². The van der Waals surface area contributed by atoms with E-state index in [-0.39, 0.29) is 5.78 Å². The van der Waals surface area contributed by atoms with Crippen molar-refractivity contribution in [2.45, 2.75) is 38.3 Å². The summed E-state index contributed by atoms with van der Waals surface area (Å²) in [5.74, 6) is 1.04. The molecule has 1 aliphatic heterocycles. The first-order valence-corrected chi connectivity index (χ1v) is 6.61. The minimum Gasteiger partial charge on any atom is -0.374 e. The number of ether oxygens (including phenoxy) is 1. The molecule has 4 nitrogen and oxygen atoms in total. The van der Waals surface area contributed by atoms with Crippen molar-refractivity contribution < 1.29 is 9.53 Å². The van der Waals surface area contributed by atoms with Gasteiger partial charge in [0.1, 0.15) is 5.82 Å². The summed E-state index contributed by atoms with van der Waals surface area (Å²) in [5, 5.41) is 0. The van der Waals surface area contributed by atoms with Gasteiger partial charge in [-0.2, -0.15) is 0 Å². The summed E-state index contributed by atoms with van der Waals surface area (Å²) < 4.78 is 5.79. The van der Waals surface area contributed by atoms with Crippen molar-refractivity contribution in [2.75, 3.05) is 18.1 Å². The molecule has 0 N–H and O–H groups in total. The Morgan fingerprint density at radius 3 is 3.06 bits per heavy atom. The van der Waals surface area contributed by atoms with Gasteiger partial charge in [0.25, 0.3) is 0 Å². The van der Waals surface area contributed by atoms with Crippen molar-refractivity contribution >= 4 is 11.6 Å². The van der Waals surface area contributed by atoms with Gasteiger partial charge in [-0.15, -0.1) is 0 Å². The van der Waals surface area contributed by atoms with E-state index >= 15 is 0 Å². The molecule has 2 aliphatic rings. The van der Waals surface area contributed by atoms with Crippen molar-refractivity contribution in [1.82, 2.24) is 4.98 Å². The summed E-state index contributed by atoms with van der Waals surface area (Å²) in [7, 11) is 0. The first-order chi connectivity index (χ1) is 8.75. The van der Waals surface area contributed by atoms with Crippen LogP contribution in [0.1, 0.15) is 36.5 Å². The number of anilines is 1. The minimum atomic E-state index is 0.0646. The normalized spacial score (nSPS) is 27.1. The van der Waals surface area contributed by atoms with E-state index < -0.39 is 0 Å². The molecule has 2 unspecified atom stereocenters. The molecule has 0 aromatic carbocycles. The summed E-state index contributed by atoms with van der Waals surface area (Å²) in [6.07, 6.45) is 5.62. The number of carbonyl (C=O) groups excluding carboxylic acids is 1. The van der Waals surface area contributed by atoms with E-state index in [1.54, 1.807) is 13.1 Å². The predicted octanol–water partition coefficient (Wildman–Crippen LogP) is 2.04. The van der Waals surface area contributed by atoms with Crippen LogP contribution in [0, 0.1) is 0 Å². The van der Waals surface area contributed by atoms with Gasteiger partial charge in [0.05, 0.1) is 18.8 Å². The van der Waals surface area contributed by atoms with Gasteiger partial charge in [-0.3, -0.25) is 4.79 Å². The van der Waals surface area contributed by atoms with Gasteiger partial charge >= 0.3 is 0 Å². The first-order valence-electron chi connectivity index (χ1n) is 6.61. The van der Waals surface area contributed by atoms with Gasteiger partial charge in [0, 0.05) is 18.3 Å². The second-order valence-electron chi connectivity index (χ2n) is 5.06. The van der Waals surface area contributed by atoms with E-state index in [1.165, 1.54) is 12.8 Å². The molecule has 2 atom stereocenters. The third-order valence-electron chi connectivity index (χ3n) is 3.93. The van der Waals surface area contributed by atoms with E-state index in [1.807, 2.05) is 12.1 Å². The fourth-order valence-electron chi connectivity index (χ4n) is 2.97. The fraction of sp³-hybridized carbons (Fsp3) is 0.571. The Balaban J connectivity index is 1.82. The predicted molar refractivity (Wildman–Crippen MR) is 69.0 cm³/mol. The highest BCUT2D eigenvalue weighted by Gasteiger charge is 2.36. The second kappa shape index (κ2) is 4.69. The molecule has 0 radical (unpaired) electrons. The molecule has 1 aromatic rings. The van der Waals surface area contributed by atoms with Gasteiger partial charge in [-0.1, -0.05) is 0 Å². The van der Waals surface area contributed by atoms with Crippen LogP contribution in [0.5, 0.6) is 0 Å². The number of Topliss-reactive ketones (excluding diaryl/α,β-unsaturated/α-hetero) is 1. The highest BCUT2D eigenvalue weighted by Crippen LogP contribution is 2.32. The summed E-state index contributed by atoms with van der Waals surface area (Å²) in [4.78, 5) is 18.0. The van der Waals surface area contributed by atoms with Crippen LogP contribution in [0.25, 0.3) is 0 Å². The number of ketones is 1. The number of carbonyl (C=O) groups is 1. The fourth-order valence-corrected chi connectivity index (χ4v) is 2.97. The quantitative estimate of drug-likeness (QED) is 0.749. The van der Waals surface area contributed by atoms with Crippen molar-refractivity contribution in [3.05, 3.63) is 23.9 Å². The maximum atomic E-state index is 11.2. The van der Waals surface area contributed by atoms with E-state index in [2.05, 4.69) is 9.88 Å². The Morgan fingerprint density at radius 2 is 2.33 bits per heavy atom. The molecule has 1 saturated heterocycles. The molecule has 0 amide bonds. The highest BCUT2D eigenvalue weighted by atomic mass is 16.5. The van der Waals surface area contributed by atoms with E-state index in [0.29, 0.717) is 17.7 Å². The van der Waals surface area contributed by atoms with Gasteiger partial charge in [0.2, 0.25) is 0 Å². The summed E-state index contributed by atoms with van der Waals surface area (Å²) in [6, 6.07) is 4.29. The average molecular weight is 246 g/mol. The zero-order valence-corrected chi connectivity index (χ0v) is 10.6. The van der Waals surface area contributed by atoms with Crippen LogP contribution in [-0.4, -0.2) is 36.1 Å². The van der Waals surface area contributed by atoms with Crippen LogP contribution in [-0.2, 0) is 4.74 Å². The molecule has 2 heterocycles. The van der Waals surface area contributed by atoms with Crippen LogP contribution in [0.2, 0.25) is 0 Å². The van der Waals surface area contributed by atoms with Crippen LogP contribution in [0.3, 0.4) is 0 Å². The molecule has 3 rings (SSSR count). The SMILES string of the molecule is CC(=O)c1ccc(N2CCOC3CCCC32)nc1. The Hall–Kier alpha value is -1.42. The smallest absolute Gasteiger partial charge is 0.161 e. The molecule has 1 aliphatic carbocycles. The lowest BCUT2D eigenvalue weighted by Gasteiger charge is -2.38. The van der Waals surface area contributed by atoms with E-state index in [0.717, 1.165) is 25.4 Å². The second-order valence-corrected chi connectivity index (χ2v) is 5.06. The lowest BCUT2D eigenvalue weighted by Crippen LogP contribution is -2.49. The maximum absolute atomic E-state index is 11.2. The van der Waals surface area contributed by atoms with Gasteiger partial charge in [0.15, 0.2) is 5.78 Å². The van der Waals surface area contributed by atoms with Gasteiger partial charge in [-0.25, -0.2) is 4.98 Å². The zero-order valence-electron chi connectivity index (χ0n) is 10.6. The Labute approximate surface area is 107 Å². The van der Waals surface area contributed by atoms with Crippen LogP contribution in [0.4, 0.5) is 5.82 Å². The van der Waals surface area contributed by atoms with E-state index in [9.17, 15) is 4.79 Å². The molecule has 1 saturated carbocycles. The number of aromatic nitrogens is 1. The molecule has 0 bridgehead atoms. The zero-order chi connectivity index (χ0) is 12.5. The number of rotatable bonds is 2. The highest BCUT2D eigenvalue weighted by molar-refractivity contribution is 5.93. The Kier molecular flexibility index (Phi) is 3.04. The number of morpholine rings is 1. The van der Waals surface area contributed by atoms with Gasteiger partial charge < -0.3 is 9.64 Å². The lowest BCUT2D eigenvalue weighted by molar-refractivity contribution is 0.0253. The largest absolute Gasteiger partial charge is 0.374 e. The number of hydrogen-bond acceptors (Lipinski definition) is 4. The lowest BCUT2D eigenvalue weighted by atomic mass is 10.1. The monoisotopic (exact) mass is 246 g/mol. The summed E-state index contributed by atoms with van der Waals surface area (Å²) >= 11 is 0. The van der Waals surface area contributed by atoms with Crippen LogP contribution >= 0.6 is 0 Å². The third kappa shape index (κ3) is 2.01. The molecule has 4 heteroatoms. The number of nitrogens with zero attached hydrogens (tertiary/aromatic N) is 2. The first kappa shape index (κ1) is 11.7. The molecule has 1 aromatic heterocycles. The standard InChI is InChI=1S/C14H18N2O2/c1-10(17)11-5-6-14(15-9-11)16-7-8-18-13-4-2-3-12(13)16/h5-6,9,12-13H,2-4,7-8H2,1H3. The molecule has 96 valence electrons. The number of hydrogen-bond donors (Lipinski definition) is 0. The summed E-state index contributed by atoms with van der Waals surface area (Å²) in [6.45, 7) is 3.24. The summed E-state index contributed by atoms with van der Waals surface area (Å²) in [5.41, 5.74) is 0.676. The average Bonchev–Trinajstić information content (AvgIpc) is 2.87. The Bertz CT molecular complexity index is 444. The van der Waals surface area contributed by atoms with Crippen LogP contribution in [0.15, 0.2) is 18.3 Å². The molecule has 18 heavy (non-hydrogen) atoms. The Morgan fingerprint density at radius 1 is 1.44 bits per heavy atom. The molecular formula is C14H18N2O2.